The molecule has 3 N–H and O–H groups in total. The first-order valence-corrected chi connectivity index (χ1v) is 6.38. The Morgan fingerprint density at radius 2 is 2.10 bits per heavy atom. The lowest BCUT2D eigenvalue weighted by molar-refractivity contribution is 0.0144. The number of hydrogen-bond acceptors (Lipinski definition) is 4. The Morgan fingerprint density at radius 3 is 2.85 bits per heavy atom. The molecule has 1 atom stereocenters. The molecule has 1 heterocycles. The fourth-order valence-electron chi connectivity index (χ4n) is 2.13. The molecule has 0 fully saturated rings. The lowest BCUT2D eigenvalue weighted by atomic mass is 9.99. The predicted molar refractivity (Wildman–Crippen MR) is 73.2 cm³/mol. The highest BCUT2D eigenvalue weighted by Crippen LogP contribution is 2.24. The number of fused-ring (bicyclic) bond motifs is 1. The Labute approximate surface area is 115 Å². The molecule has 0 aliphatic heterocycles. The first-order valence-electron chi connectivity index (χ1n) is 6.38. The van der Waals surface area contributed by atoms with E-state index in [9.17, 15) is 8.78 Å². The highest BCUT2D eigenvalue weighted by molar-refractivity contribution is 5.82. The molecule has 2 aromatic rings. The van der Waals surface area contributed by atoms with Gasteiger partial charge in [-0.05, 0) is 24.1 Å². The highest BCUT2D eigenvalue weighted by Gasteiger charge is 2.13. The zero-order valence-corrected chi connectivity index (χ0v) is 10.9. The van der Waals surface area contributed by atoms with Crippen LogP contribution in [0.5, 0.6) is 0 Å². The standard InChI is InChI=1S/C14H17F2N3O/c15-14(16)9-20-8-6-13(19-17)11-3-1-5-12-10(11)4-2-7-18-12/h1-5,7,13-14,19H,6,8-9,17H2. The van der Waals surface area contributed by atoms with Crippen molar-refractivity contribution >= 4 is 10.9 Å². The first-order chi connectivity index (χ1) is 9.72. The molecule has 6 heteroatoms. The van der Waals surface area contributed by atoms with E-state index in [2.05, 4.69) is 10.4 Å². The molecule has 1 aromatic carbocycles. The van der Waals surface area contributed by atoms with Gasteiger partial charge in [0.2, 0.25) is 0 Å². The lowest BCUT2D eigenvalue weighted by Crippen LogP contribution is -2.29. The van der Waals surface area contributed by atoms with Gasteiger partial charge in [0.25, 0.3) is 6.43 Å². The van der Waals surface area contributed by atoms with Gasteiger partial charge in [-0.3, -0.25) is 16.3 Å². The number of alkyl halides is 2. The van der Waals surface area contributed by atoms with Gasteiger partial charge >= 0.3 is 0 Å². The van der Waals surface area contributed by atoms with Gasteiger partial charge < -0.3 is 4.74 Å². The maximum absolute atomic E-state index is 12.0. The maximum Gasteiger partial charge on any atom is 0.261 e. The van der Waals surface area contributed by atoms with Gasteiger partial charge in [-0.25, -0.2) is 8.78 Å². The van der Waals surface area contributed by atoms with Gasteiger partial charge in [-0.15, -0.1) is 0 Å². The van der Waals surface area contributed by atoms with Gasteiger partial charge in [-0.2, -0.15) is 0 Å². The van der Waals surface area contributed by atoms with Crippen LogP contribution in [-0.4, -0.2) is 24.6 Å². The van der Waals surface area contributed by atoms with Gasteiger partial charge in [0.15, 0.2) is 0 Å². The summed E-state index contributed by atoms with van der Waals surface area (Å²) in [5.41, 5.74) is 4.56. The summed E-state index contributed by atoms with van der Waals surface area (Å²) in [5, 5.41) is 0.992. The Bertz CT molecular complexity index is 545. The molecule has 0 radical (unpaired) electrons. The Kier molecular flexibility index (Phi) is 5.34. The van der Waals surface area contributed by atoms with E-state index in [1.807, 2.05) is 30.3 Å². The molecule has 0 aliphatic rings. The average molecular weight is 281 g/mol. The molecular formula is C14H17F2N3O. The topological polar surface area (TPSA) is 60.2 Å². The summed E-state index contributed by atoms with van der Waals surface area (Å²) >= 11 is 0. The van der Waals surface area contributed by atoms with Crippen LogP contribution >= 0.6 is 0 Å². The molecule has 1 unspecified atom stereocenters. The highest BCUT2D eigenvalue weighted by atomic mass is 19.3. The Morgan fingerprint density at radius 1 is 1.25 bits per heavy atom. The van der Waals surface area contributed by atoms with Crippen LogP contribution in [-0.2, 0) is 4.74 Å². The quantitative estimate of drug-likeness (QED) is 0.465. The van der Waals surface area contributed by atoms with E-state index < -0.39 is 13.0 Å². The fraction of sp³-hybridized carbons (Fsp3) is 0.357. The van der Waals surface area contributed by atoms with E-state index in [-0.39, 0.29) is 12.6 Å². The molecular weight excluding hydrogens is 264 g/mol. The van der Waals surface area contributed by atoms with Crippen LogP contribution in [0.3, 0.4) is 0 Å². The Hall–Kier alpha value is -1.63. The third-order valence-electron chi connectivity index (χ3n) is 3.05. The molecule has 1 aromatic heterocycles. The van der Waals surface area contributed by atoms with E-state index in [1.54, 1.807) is 6.20 Å². The predicted octanol–water partition coefficient (Wildman–Crippen LogP) is 2.41. The van der Waals surface area contributed by atoms with Crippen molar-refractivity contribution in [3.05, 3.63) is 42.1 Å². The van der Waals surface area contributed by atoms with Crippen molar-refractivity contribution in [1.29, 1.82) is 0 Å². The van der Waals surface area contributed by atoms with Crippen LogP contribution in [0.25, 0.3) is 10.9 Å². The normalized spacial score (nSPS) is 13.0. The molecule has 0 saturated carbocycles. The van der Waals surface area contributed by atoms with Crippen LogP contribution in [0.15, 0.2) is 36.5 Å². The first kappa shape index (κ1) is 14.8. The third kappa shape index (κ3) is 3.69. The number of aromatic nitrogens is 1. The van der Waals surface area contributed by atoms with Crippen LogP contribution in [0, 0.1) is 0 Å². The number of hydrazine groups is 1. The van der Waals surface area contributed by atoms with Crippen LogP contribution in [0.1, 0.15) is 18.0 Å². The van der Waals surface area contributed by atoms with Gasteiger partial charge in [0.1, 0.15) is 6.61 Å². The summed E-state index contributed by atoms with van der Waals surface area (Å²) in [6, 6.07) is 9.41. The zero-order valence-electron chi connectivity index (χ0n) is 10.9. The van der Waals surface area contributed by atoms with E-state index in [0.717, 1.165) is 16.5 Å². The second-order valence-corrected chi connectivity index (χ2v) is 4.39. The molecule has 0 amide bonds. The van der Waals surface area contributed by atoms with Gasteiger partial charge in [0.05, 0.1) is 5.52 Å². The monoisotopic (exact) mass is 281 g/mol. The summed E-state index contributed by atoms with van der Waals surface area (Å²) < 4.78 is 28.9. The molecule has 0 bridgehead atoms. The smallest absolute Gasteiger partial charge is 0.261 e. The van der Waals surface area contributed by atoms with Crippen LogP contribution in [0.4, 0.5) is 8.78 Å². The number of halogens is 2. The number of rotatable bonds is 7. The fourth-order valence-corrected chi connectivity index (χ4v) is 2.13. The SMILES string of the molecule is NNC(CCOCC(F)F)c1cccc2ncccc12. The van der Waals surface area contributed by atoms with Crippen molar-refractivity contribution in [2.45, 2.75) is 18.9 Å². The molecule has 20 heavy (non-hydrogen) atoms. The second kappa shape index (κ2) is 7.23. The molecule has 0 spiro atoms. The molecule has 108 valence electrons. The Balaban J connectivity index is 2.09. The summed E-state index contributed by atoms with van der Waals surface area (Å²) in [5.74, 6) is 5.56. The van der Waals surface area contributed by atoms with E-state index in [4.69, 9.17) is 10.6 Å². The van der Waals surface area contributed by atoms with Crippen LogP contribution < -0.4 is 11.3 Å². The van der Waals surface area contributed by atoms with Crippen molar-refractivity contribution in [2.75, 3.05) is 13.2 Å². The molecule has 0 saturated heterocycles. The largest absolute Gasteiger partial charge is 0.375 e. The maximum atomic E-state index is 12.0. The number of benzene rings is 1. The summed E-state index contributed by atoms with van der Waals surface area (Å²) in [6.07, 6.45) is -0.207. The third-order valence-corrected chi connectivity index (χ3v) is 3.05. The van der Waals surface area contributed by atoms with Crippen molar-refractivity contribution in [3.8, 4) is 0 Å². The molecule has 0 aliphatic carbocycles. The van der Waals surface area contributed by atoms with Gasteiger partial charge in [0, 0.05) is 24.2 Å². The van der Waals surface area contributed by atoms with Crippen LogP contribution in [0.2, 0.25) is 0 Å². The minimum absolute atomic E-state index is 0.166. The zero-order chi connectivity index (χ0) is 14.4. The number of hydrogen-bond donors (Lipinski definition) is 2. The van der Waals surface area contributed by atoms with E-state index >= 15 is 0 Å². The number of nitrogens with two attached hydrogens (primary N) is 1. The molecule has 4 nitrogen and oxygen atoms in total. The summed E-state index contributed by atoms with van der Waals surface area (Å²) in [6.45, 7) is -0.329. The number of nitrogens with one attached hydrogen (secondary N) is 1. The minimum atomic E-state index is -2.44. The summed E-state index contributed by atoms with van der Waals surface area (Å²) in [7, 11) is 0. The average Bonchev–Trinajstić information content (AvgIpc) is 2.47. The van der Waals surface area contributed by atoms with Gasteiger partial charge in [-0.1, -0.05) is 18.2 Å². The number of pyridine rings is 1. The molecule has 2 rings (SSSR count). The van der Waals surface area contributed by atoms with E-state index in [1.165, 1.54) is 0 Å². The number of ether oxygens (including phenoxy) is 1. The van der Waals surface area contributed by atoms with Crippen molar-refractivity contribution in [3.63, 3.8) is 0 Å². The second-order valence-electron chi connectivity index (χ2n) is 4.39. The van der Waals surface area contributed by atoms with Crippen molar-refractivity contribution < 1.29 is 13.5 Å². The minimum Gasteiger partial charge on any atom is -0.375 e. The number of nitrogens with zero attached hydrogens (tertiary/aromatic N) is 1. The van der Waals surface area contributed by atoms with E-state index in [0.29, 0.717) is 6.42 Å². The van der Waals surface area contributed by atoms with Crippen molar-refractivity contribution in [2.24, 2.45) is 5.84 Å². The van der Waals surface area contributed by atoms with Crippen molar-refractivity contribution in [1.82, 2.24) is 10.4 Å². The lowest BCUT2D eigenvalue weighted by Gasteiger charge is -2.18. The summed E-state index contributed by atoms with van der Waals surface area (Å²) in [4.78, 5) is 4.28.